The molecule has 4 heteroatoms. The SMILES string of the molecule is CC(C)C(CS)CN1C(=O)CCCCC1=O. The number of imide groups is 1. The Morgan fingerprint density at radius 3 is 2.06 bits per heavy atom. The third-order valence-corrected chi connectivity index (χ3v) is 3.70. The quantitative estimate of drug-likeness (QED) is 0.606. The van der Waals surface area contributed by atoms with Gasteiger partial charge in [0.2, 0.25) is 11.8 Å². The number of carbonyl (C=O) groups excluding carboxylic acids is 2. The van der Waals surface area contributed by atoms with Gasteiger partial charge in [0, 0.05) is 19.4 Å². The molecule has 0 aliphatic carbocycles. The van der Waals surface area contributed by atoms with Gasteiger partial charge in [0.1, 0.15) is 0 Å². The number of hydrogen-bond acceptors (Lipinski definition) is 3. The molecule has 1 rings (SSSR count). The van der Waals surface area contributed by atoms with Crippen LogP contribution in [0.15, 0.2) is 0 Å². The number of amides is 2. The third kappa shape index (κ3) is 3.51. The fraction of sp³-hybridized carbons (Fsp3) is 0.833. The molecule has 0 spiro atoms. The van der Waals surface area contributed by atoms with Crippen molar-refractivity contribution >= 4 is 24.4 Å². The van der Waals surface area contributed by atoms with Crippen LogP contribution < -0.4 is 0 Å². The molecule has 1 unspecified atom stereocenters. The van der Waals surface area contributed by atoms with Crippen molar-refractivity contribution in [3.8, 4) is 0 Å². The molecule has 0 radical (unpaired) electrons. The number of nitrogens with zero attached hydrogens (tertiary/aromatic N) is 1. The number of rotatable bonds is 4. The standard InChI is InChI=1S/C12H21NO2S/c1-9(2)10(8-16)7-13-11(14)5-3-4-6-12(13)15/h9-10,16H,3-8H2,1-2H3. The van der Waals surface area contributed by atoms with E-state index in [4.69, 9.17) is 0 Å². The Morgan fingerprint density at radius 1 is 1.19 bits per heavy atom. The molecule has 0 aromatic carbocycles. The zero-order chi connectivity index (χ0) is 12.1. The topological polar surface area (TPSA) is 37.4 Å². The van der Waals surface area contributed by atoms with E-state index in [-0.39, 0.29) is 11.8 Å². The lowest BCUT2D eigenvalue weighted by atomic mass is 9.97. The summed E-state index contributed by atoms with van der Waals surface area (Å²) in [5, 5.41) is 0. The molecule has 16 heavy (non-hydrogen) atoms. The smallest absolute Gasteiger partial charge is 0.229 e. The number of hydrogen-bond donors (Lipinski definition) is 1. The highest BCUT2D eigenvalue weighted by molar-refractivity contribution is 7.80. The second-order valence-corrected chi connectivity index (χ2v) is 5.16. The Morgan fingerprint density at radius 2 is 1.69 bits per heavy atom. The summed E-state index contributed by atoms with van der Waals surface area (Å²) in [4.78, 5) is 25.0. The van der Waals surface area contributed by atoms with E-state index in [1.165, 1.54) is 4.90 Å². The largest absolute Gasteiger partial charge is 0.282 e. The molecule has 3 nitrogen and oxygen atoms in total. The van der Waals surface area contributed by atoms with Crippen LogP contribution >= 0.6 is 12.6 Å². The summed E-state index contributed by atoms with van der Waals surface area (Å²) < 4.78 is 0. The van der Waals surface area contributed by atoms with Gasteiger partial charge in [-0.05, 0) is 30.4 Å². The molecular weight excluding hydrogens is 222 g/mol. The van der Waals surface area contributed by atoms with E-state index in [0.29, 0.717) is 37.0 Å². The predicted molar refractivity (Wildman–Crippen MR) is 67.4 cm³/mol. The van der Waals surface area contributed by atoms with Crippen molar-refractivity contribution < 1.29 is 9.59 Å². The maximum Gasteiger partial charge on any atom is 0.229 e. The van der Waals surface area contributed by atoms with Crippen molar-refractivity contribution in [2.24, 2.45) is 11.8 Å². The van der Waals surface area contributed by atoms with E-state index in [2.05, 4.69) is 26.5 Å². The Labute approximate surface area is 103 Å². The third-order valence-electron chi connectivity index (χ3n) is 3.23. The van der Waals surface area contributed by atoms with Gasteiger partial charge in [-0.3, -0.25) is 14.5 Å². The summed E-state index contributed by atoms with van der Waals surface area (Å²) in [6.45, 7) is 4.75. The van der Waals surface area contributed by atoms with Crippen LogP contribution in [-0.4, -0.2) is 29.0 Å². The maximum absolute atomic E-state index is 11.8. The first-order valence-corrected chi connectivity index (χ1v) is 6.63. The van der Waals surface area contributed by atoms with E-state index in [0.717, 1.165) is 12.8 Å². The minimum Gasteiger partial charge on any atom is -0.282 e. The normalized spacial score (nSPS) is 20.1. The molecule has 1 aliphatic rings. The van der Waals surface area contributed by atoms with Crippen LogP contribution in [0.3, 0.4) is 0 Å². The second kappa shape index (κ2) is 6.28. The van der Waals surface area contributed by atoms with Gasteiger partial charge in [-0.15, -0.1) is 0 Å². The molecule has 1 heterocycles. The summed E-state index contributed by atoms with van der Waals surface area (Å²) in [5.41, 5.74) is 0. The van der Waals surface area contributed by atoms with E-state index in [1.54, 1.807) is 0 Å². The Kier molecular flexibility index (Phi) is 5.32. The Bertz CT molecular complexity index is 248. The number of carbonyl (C=O) groups is 2. The van der Waals surface area contributed by atoms with Crippen molar-refractivity contribution in [3.05, 3.63) is 0 Å². The van der Waals surface area contributed by atoms with Gasteiger partial charge in [0.25, 0.3) is 0 Å². The van der Waals surface area contributed by atoms with Crippen molar-refractivity contribution in [2.75, 3.05) is 12.3 Å². The van der Waals surface area contributed by atoms with Gasteiger partial charge in [0.15, 0.2) is 0 Å². The maximum atomic E-state index is 11.8. The average molecular weight is 243 g/mol. The van der Waals surface area contributed by atoms with Crippen molar-refractivity contribution in [1.29, 1.82) is 0 Å². The molecule has 0 saturated carbocycles. The van der Waals surface area contributed by atoms with E-state index in [9.17, 15) is 9.59 Å². The van der Waals surface area contributed by atoms with Crippen LogP contribution in [0.2, 0.25) is 0 Å². The molecule has 0 aromatic heterocycles. The van der Waals surface area contributed by atoms with Gasteiger partial charge in [-0.25, -0.2) is 0 Å². The summed E-state index contributed by atoms with van der Waals surface area (Å²) in [6, 6.07) is 0. The summed E-state index contributed by atoms with van der Waals surface area (Å²) in [7, 11) is 0. The monoisotopic (exact) mass is 243 g/mol. The van der Waals surface area contributed by atoms with Crippen LogP contribution in [0.1, 0.15) is 39.5 Å². The summed E-state index contributed by atoms with van der Waals surface area (Å²) in [6.07, 6.45) is 2.72. The first kappa shape index (κ1) is 13.6. The highest BCUT2D eigenvalue weighted by atomic mass is 32.1. The lowest BCUT2D eigenvalue weighted by molar-refractivity contribution is -0.144. The molecule has 1 atom stereocenters. The van der Waals surface area contributed by atoms with Gasteiger partial charge < -0.3 is 0 Å². The van der Waals surface area contributed by atoms with Crippen LogP contribution in [0.4, 0.5) is 0 Å². The van der Waals surface area contributed by atoms with Crippen molar-refractivity contribution in [3.63, 3.8) is 0 Å². The molecular formula is C12H21NO2S. The number of likely N-dealkylation sites (tertiary alicyclic amines) is 1. The minimum atomic E-state index is -0.00469. The summed E-state index contributed by atoms with van der Waals surface area (Å²) in [5.74, 6) is 1.45. The van der Waals surface area contributed by atoms with E-state index >= 15 is 0 Å². The molecule has 1 saturated heterocycles. The van der Waals surface area contributed by atoms with E-state index < -0.39 is 0 Å². The minimum absolute atomic E-state index is 0.00469. The first-order chi connectivity index (χ1) is 7.56. The zero-order valence-corrected chi connectivity index (χ0v) is 11.0. The second-order valence-electron chi connectivity index (χ2n) is 4.79. The van der Waals surface area contributed by atoms with Crippen LogP contribution in [0.25, 0.3) is 0 Å². The fourth-order valence-corrected chi connectivity index (χ4v) is 2.42. The molecule has 2 amide bonds. The van der Waals surface area contributed by atoms with Crippen LogP contribution in [0, 0.1) is 11.8 Å². The van der Waals surface area contributed by atoms with E-state index in [1.807, 2.05) is 0 Å². The highest BCUT2D eigenvalue weighted by Crippen LogP contribution is 2.19. The molecule has 92 valence electrons. The molecule has 1 aliphatic heterocycles. The lowest BCUT2D eigenvalue weighted by Crippen LogP contribution is -2.40. The highest BCUT2D eigenvalue weighted by Gasteiger charge is 2.27. The van der Waals surface area contributed by atoms with Gasteiger partial charge in [0.05, 0.1) is 0 Å². The molecule has 0 bridgehead atoms. The van der Waals surface area contributed by atoms with Gasteiger partial charge in [-0.1, -0.05) is 13.8 Å². The van der Waals surface area contributed by atoms with Crippen molar-refractivity contribution in [1.82, 2.24) is 4.90 Å². The lowest BCUT2D eigenvalue weighted by Gasteiger charge is -2.26. The van der Waals surface area contributed by atoms with Gasteiger partial charge >= 0.3 is 0 Å². The zero-order valence-electron chi connectivity index (χ0n) is 10.1. The van der Waals surface area contributed by atoms with Crippen molar-refractivity contribution in [2.45, 2.75) is 39.5 Å². The average Bonchev–Trinajstić information content (AvgIpc) is 2.38. The fourth-order valence-electron chi connectivity index (χ4n) is 1.88. The Balaban J connectivity index is 2.67. The Hall–Kier alpha value is -0.510. The van der Waals surface area contributed by atoms with Gasteiger partial charge in [-0.2, -0.15) is 12.6 Å². The van der Waals surface area contributed by atoms with Crippen LogP contribution in [-0.2, 0) is 9.59 Å². The summed E-state index contributed by atoms with van der Waals surface area (Å²) >= 11 is 4.29. The number of thiol groups is 1. The molecule has 0 N–H and O–H groups in total. The molecule has 0 aromatic rings. The van der Waals surface area contributed by atoms with Crippen LogP contribution in [0.5, 0.6) is 0 Å². The molecule has 1 fully saturated rings. The first-order valence-electron chi connectivity index (χ1n) is 6.00. The predicted octanol–water partition coefficient (Wildman–Crippen LogP) is 2.12.